The first kappa shape index (κ1) is 18.9. The Bertz CT molecular complexity index is 844. The molecule has 4 bridgehead atoms. The fourth-order valence-electron chi connectivity index (χ4n) is 5.96. The third-order valence-electron chi connectivity index (χ3n) is 6.67. The molecule has 1 aromatic heterocycles. The van der Waals surface area contributed by atoms with E-state index < -0.39 is 0 Å². The smallest absolute Gasteiger partial charge is 0.264 e. The maximum Gasteiger partial charge on any atom is 0.264 e. The number of anilines is 1. The summed E-state index contributed by atoms with van der Waals surface area (Å²) < 4.78 is 11.0. The van der Waals surface area contributed by atoms with E-state index in [1.165, 1.54) is 38.5 Å². The van der Waals surface area contributed by atoms with Gasteiger partial charge in [-0.2, -0.15) is 0 Å². The van der Waals surface area contributed by atoms with Crippen LogP contribution in [0.5, 0.6) is 11.5 Å². The van der Waals surface area contributed by atoms with Gasteiger partial charge in [-0.25, -0.2) is 0 Å². The van der Waals surface area contributed by atoms with Gasteiger partial charge in [-0.1, -0.05) is 11.3 Å². The number of ether oxygens (including phenoxy) is 2. The highest BCUT2D eigenvalue weighted by Gasteiger charge is 2.53. The van der Waals surface area contributed by atoms with Gasteiger partial charge in [-0.3, -0.25) is 10.1 Å². The lowest BCUT2D eigenvalue weighted by Gasteiger charge is -2.55. The van der Waals surface area contributed by atoms with Crippen LogP contribution in [0.1, 0.15) is 50.5 Å². The fraction of sp³-hybridized carbons (Fsp3) is 0.591. The first-order valence-electron chi connectivity index (χ1n) is 10.6. The lowest BCUT2D eigenvalue weighted by Crippen LogP contribution is -2.48. The summed E-state index contributed by atoms with van der Waals surface area (Å²) in [6, 6.07) is 7.27. The Morgan fingerprint density at radius 2 is 1.62 bits per heavy atom. The normalized spacial score (nSPS) is 29.6. The molecule has 4 aliphatic rings. The van der Waals surface area contributed by atoms with E-state index in [4.69, 9.17) is 9.47 Å². The van der Waals surface area contributed by atoms with Gasteiger partial charge in [0.25, 0.3) is 5.91 Å². The fourth-order valence-corrected chi connectivity index (χ4v) is 6.94. The molecule has 6 nitrogen and oxygen atoms in total. The van der Waals surface area contributed by atoms with Crippen LogP contribution in [0.2, 0.25) is 0 Å². The molecule has 2 aromatic rings. The molecule has 1 N–H and O–H groups in total. The van der Waals surface area contributed by atoms with Gasteiger partial charge in [-0.15, -0.1) is 10.2 Å². The zero-order valence-corrected chi connectivity index (χ0v) is 17.5. The van der Waals surface area contributed by atoms with Crippen LogP contribution in [0.15, 0.2) is 24.3 Å². The second kappa shape index (κ2) is 7.59. The second-order valence-corrected chi connectivity index (χ2v) is 9.83. The average Bonchev–Trinajstić information content (AvgIpc) is 3.16. The largest absolute Gasteiger partial charge is 0.494 e. The summed E-state index contributed by atoms with van der Waals surface area (Å²) in [4.78, 5) is 12.3. The maximum atomic E-state index is 12.3. The van der Waals surface area contributed by atoms with Crippen LogP contribution in [0, 0.1) is 17.8 Å². The van der Waals surface area contributed by atoms with E-state index >= 15 is 0 Å². The summed E-state index contributed by atoms with van der Waals surface area (Å²) in [5, 5.41) is 13.3. The molecular formula is C22H27N3O3S. The number of aromatic nitrogens is 2. The topological polar surface area (TPSA) is 73.3 Å². The zero-order chi connectivity index (χ0) is 19.8. The highest BCUT2D eigenvalue weighted by molar-refractivity contribution is 7.15. The van der Waals surface area contributed by atoms with Gasteiger partial charge in [0.15, 0.2) is 6.61 Å². The Morgan fingerprint density at radius 1 is 1.03 bits per heavy atom. The second-order valence-electron chi connectivity index (χ2n) is 8.85. The highest BCUT2D eigenvalue weighted by Crippen LogP contribution is 2.61. The minimum atomic E-state index is -0.216. The van der Waals surface area contributed by atoms with Crippen LogP contribution in [0.4, 0.5) is 5.13 Å². The van der Waals surface area contributed by atoms with Crippen LogP contribution < -0.4 is 14.8 Å². The molecular weight excluding hydrogens is 386 g/mol. The molecule has 4 saturated carbocycles. The van der Waals surface area contributed by atoms with E-state index in [9.17, 15) is 4.79 Å². The molecule has 0 saturated heterocycles. The number of nitrogens with zero attached hydrogens (tertiary/aromatic N) is 2. The Balaban J connectivity index is 1.18. The van der Waals surface area contributed by atoms with Crippen LogP contribution in [-0.2, 0) is 10.2 Å². The van der Waals surface area contributed by atoms with Gasteiger partial charge in [0, 0.05) is 5.41 Å². The summed E-state index contributed by atoms with van der Waals surface area (Å²) in [5.41, 5.74) is 0.216. The summed E-state index contributed by atoms with van der Waals surface area (Å²) >= 11 is 1.55. The Kier molecular flexibility index (Phi) is 4.94. The number of hydrogen-bond donors (Lipinski definition) is 1. The minimum Gasteiger partial charge on any atom is -0.494 e. The van der Waals surface area contributed by atoms with E-state index in [0.29, 0.717) is 17.5 Å². The lowest BCUT2D eigenvalue weighted by atomic mass is 9.50. The number of hydrogen-bond acceptors (Lipinski definition) is 6. The van der Waals surface area contributed by atoms with E-state index in [2.05, 4.69) is 15.5 Å². The molecule has 1 heterocycles. The quantitative estimate of drug-likeness (QED) is 0.727. The Labute approximate surface area is 175 Å². The van der Waals surface area contributed by atoms with Crippen molar-refractivity contribution in [2.24, 2.45) is 17.8 Å². The van der Waals surface area contributed by atoms with E-state index in [0.717, 1.165) is 28.5 Å². The molecule has 29 heavy (non-hydrogen) atoms. The molecule has 1 amide bonds. The molecule has 154 valence electrons. The summed E-state index contributed by atoms with van der Waals surface area (Å²) in [6.07, 6.45) is 7.98. The molecule has 0 spiro atoms. The maximum absolute atomic E-state index is 12.3. The predicted octanol–water partition coefficient (Wildman–Crippen LogP) is 4.42. The Hall–Kier alpha value is -2.15. The van der Waals surface area contributed by atoms with Gasteiger partial charge in [0.2, 0.25) is 5.13 Å². The molecule has 4 fully saturated rings. The third kappa shape index (κ3) is 3.84. The van der Waals surface area contributed by atoms with Crippen LogP contribution in [0.25, 0.3) is 0 Å². The van der Waals surface area contributed by atoms with Crippen molar-refractivity contribution in [2.45, 2.75) is 50.9 Å². The molecule has 7 heteroatoms. The summed E-state index contributed by atoms with van der Waals surface area (Å²) in [7, 11) is 0. The standard InChI is InChI=1S/C22H27N3O3S/c1-2-27-17-3-5-18(6-4-17)28-13-19(26)23-21-25-24-20(29-21)22-10-14-7-15(11-22)9-16(8-14)12-22/h3-6,14-16H,2,7-13H2,1H3,(H,23,25,26). The number of rotatable bonds is 7. The number of nitrogens with one attached hydrogen (secondary N) is 1. The lowest BCUT2D eigenvalue weighted by molar-refractivity contribution is -0.118. The van der Waals surface area contributed by atoms with Gasteiger partial charge in [0.1, 0.15) is 16.5 Å². The first-order valence-corrected chi connectivity index (χ1v) is 11.4. The van der Waals surface area contributed by atoms with Crippen molar-refractivity contribution in [3.05, 3.63) is 29.3 Å². The van der Waals surface area contributed by atoms with Crippen molar-refractivity contribution >= 4 is 22.4 Å². The third-order valence-corrected chi connectivity index (χ3v) is 7.75. The van der Waals surface area contributed by atoms with E-state index in [1.807, 2.05) is 19.1 Å². The van der Waals surface area contributed by atoms with Crippen molar-refractivity contribution in [3.8, 4) is 11.5 Å². The number of amides is 1. The average molecular weight is 414 g/mol. The van der Waals surface area contributed by atoms with E-state index in [-0.39, 0.29) is 17.9 Å². The van der Waals surface area contributed by atoms with E-state index in [1.54, 1.807) is 23.5 Å². The van der Waals surface area contributed by atoms with Crippen molar-refractivity contribution in [1.29, 1.82) is 0 Å². The number of benzene rings is 1. The van der Waals surface area contributed by atoms with Gasteiger partial charge in [0.05, 0.1) is 6.61 Å². The molecule has 1 aromatic carbocycles. The molecule has 0 atom stereocenters. The van der Waals surface area contributed by atoms with Crippen molar-refractivity contribution in [3.63, 3.8) is 0 Å². The van der Waals surface area contributed by atoms with Gasteiger partial charge in [-0.05, 0) is 87.5 Å². The molecule has 0 unspecified atom stereocenters. The first-order chi connectivity index (χ1) is 14.1. The van der Waals surface area contributed by atoms with Gasteiger partial charge < -0.3 is 9.47 Å². The molecule has 6 rings (SSSR count). The number of carbonyl (C=O) groups excluding carboxylic acids is 1. The highest BCUT2D eigenvalue weighted by atomic mass is 32.1. The predicted molar refractivity (Wildman–Crippen MR) is 111 cm³/mol. The summed E-state index contributed by atoms with van der Waals surface area (Å²) in [5.74, 6) is 3.81. The minimum absolute atomic E-state index is 0.0553. The molecule has 0 aliphatic heterocycles. The van der Waals surface area contributed by atoms with Crippen molar-refractivity contribution < 1.29 is 14.3 Å². The van der Waals surface area contributed by atoms with Gasteiger partial charge >= 0.3 is 0 Å². The van der Waals surface area contributed by atoms with Crippen molar-refractivity contribution in [2.75, 3.05) is 18.5 Å². The number of carbonyl (C=O) groups is 1. The molecule has 4 aliphatic carbocycles. The van der Waals surface area contributed by atoms with Crippen molar-refractivity contribution in [1.82, 2.24) is 10.2 Å². The van der Waals surface area contributed by atoms with Crippen LogP contribution in [-0.4, -0.2) is 29.3 Å². The van der Waals surface area contributed by atoms with Crippen LogP contribution in [0.3, 0.4) is 0 Å². The Morgan fingerprint density at radius 3 is 2.21 bits per heavy atom. The SMILES string of the molecule is CCOc1ccc(OCC(=O)Nc2nnc(C34CC5CC(CC(C5)C3)C4)s2)cc1. The zero-order valence-electron chi connectivity index (χ0n) is 16.7. The monoisotopic (exact) mass is 413 g/mol. The molecule has 0 radical (unpaired) electrons. The van der Waals surface area contributed by atoms with Crippen LogP contribution >= 0.6 is 11.3 Å². The summed E-state index contributed by atoms with van der Waals surface area (Å²) in [6.45, 7) is 2.51.